The minimum atomic E-state index is -1.14. The zero-order valence-corrected chi connectivity index (χ0v) is 8.11. The van der Waals surface area contributed by atoms with Gasteiger partial charge >= 0.3 is 0 Å². The van der Waals surface area contributed by atoms with Gasteiger partial charge in [0, 0.05) is 0 Å². The Morgan fingerprint density at radius 1 is 1.08 bits per heavy atom. The fourth-order valence-corrected chi connectivity index (χ4v) is 1.07. The van der Waals surface area contributed by atoms with E-state index in [0.29, 0.717) is 12.8 Å². The second-order valence-corrected chi connectivity index (χ2v) is 2.52. The van der Waals surface area contributed by atoms with Crippen LogP contribution in [0.1, 0.15) is 26.7 Å². The van der Waals surface area contributed by atoms with E-state index in [1.54, 1.807) is 13.8 Å². The number of halogens is 1. The third-order valence-corrected chi connectivity index (χ3v) is 2.15. The number of rotatable bonds is 4. The summed E-state index contributed by atoms with van der Waals surface area (Å²) in [6.45, 7) is 3.44. The fraction of sp³-hybridized carbons (Fsp3) is 0.714. The monoisotopic (exact) mass is 194 g/mol. The van der Waals surface area contributed by atoms with E-state index in [2.05, 4.69) is 0 Å². The highest BCUT2D eigenvalue weighted by molar-refractivity contribution is 6.03. The van der Waals surface area contributed by atoms with Crippen LogP contribution >= 0.6 is 12.4 Å². The van der Waals surface area contributed by atoms with E-state index in [4.69, 9.17) is 11.5 Å². The molecule has 0 aromatic heterocycles. The molecule has 0 saturated carbocycles. The molecule has 0 saturated heterocycles. The Hall–Kier alpha value is -0.770. The summed E-state index contributed by atoms with van der Waals surface area (Å²) in [5.74, 6) is -1.26. The van der Waals surface area contributed by atoms with Gasteiger partial charge in [0.1, 0.15) is 5.41 Å². The van der Waals surface area contributed by atoms with Gasteiger partial charge in [-0.05, 0) is 12.8 Å². The van der Waals surface area contributed by atoms with E-state index in [1.807, 2.05) is 0 Å². The molecule has 0 aliphatic carbocycles. The molecule has 0 atom stereocenters. The first-order chi connectivity index (χ1) is 5.01. The summed E-state index contributed by atoms with van der Waals surface area (Å²) in [5.41, 5.74) is 8.97. The highest BCUT2D eigenvalue weighted by Gasteiger charge is 2.38. The summed E-state index contributed by atoms with van der Waals surface area (Å²) in [6, 6.07) is 0. The second-order valence-electron chi connectivity index (χ2n) is 2.52. The maximum Gasteiger partial charge on any atom is 0.233 e. The summed E-state index contributed by atoms with van der Waals surface area (Å²) in [6.07, 6.45) is 0.738. The van der Waals surface area contributed by atoms with Crippen LogP contribution in [0.15, 0.2) is 0 Å². The molecule has 0 heterocycles. The number of hydrogen-bond acceptors (Lipinski definition) is 2. The maximum atomic E-state index is 10.8. The van der Waals surface area contributed by atoms with E-state index >= 15 is 0 Å². The molecule has 0 aliphatic rings. The first kappa shape index (κ1) is 13.8. The highest BCUT2D eigenvalue weighted by Crippen LogP contribution is 2.24. The van der Waals surface area contributed by atoms with Gasteiger partial charge in [0.25, 0.3) is 0 Å². The van der Waals surface area contributed by atoms with Gasteiger partial charge < -0.3 is 11.5 Å². The van der Waals surface area contributed by atoms with E-state index < -0.39 is 17.2 Å². The molecule has 2 amide bonds. The average Bonchev–Trinajstić information content (AvgIpc) is 1.90. The number of carbonyl (C=O) groups is 2. The van der Waals surface area contributed by atoms with Gasteiger partial charge in [-0.3, -0.25) is 9.59 Å². The van der Waals surface area contributed by atoms with Crippen molar-refractivity contribution in [1.82, 2.24) is 0 Å². The van der Waals surface area contributed by atoms with Gasteiger partial charge in [0.15, 0.2) is 0 Å². The Morgan fingerprint density at radius 3 is 1.33 bits per heavy atom. The molecule has 5 heteroatoms. The summed E-state index contributed by atoms with van der Waals surface area (Å²) in [5, 5.41) is 0. The van der Waals surface area contributed by atoms with Crippen LogP contribution in [-0.4, -0.2) is 11.8 Å². The molecule has 12 heavy (non-hydrogen) atoms. The third kappa shape index (κ3) is 2.11. The average molecular weight is 195 g/mol. The minimum absolute atomic E-state index is 0. The molecule has 0 aromatic rings. The number of hydrogen-bond donors (Lipinski definition) is 2. The summed E-state index contributed by atoms with van der Waals surface area (Å²) < 4.78 is 0. The van der Waals surface area contributed by atoms with Crippen molar-refractivity contribution in [2.24, 2.45) is 16.9 Å². The quantitative estimate of drug-likeness (QED) is 0.626. The van der Waals surface area contributed by atoms with Crippen molar-refractivity contribution in [3.05, 3.63) is 0 Å². The molecule has 0 aliphatic heterocycles. The number of primary amides is 2. The summed E-state index contributed by atoms with van der Waals surface area (Å²) >= 11 is 0. The smallest absolute Gasteiger partial charge is 0.233 e. The predicted molar refractivity (Wildman–Crippen MR) is 48.7 cm³/mol. The molecule has 72 valence electrons. The van der Waals surface area contributed by atoms with Crippen molar-refractivity contribution in [1.29, 1.82) is 0 Å². The summed E-state index contributed by atoms with van der Waals surface area (Å²) in [7, 11) is 0. The van der Waals surface area contributed by atoms with E-state index in [0.717, 1.165) is 0 Å². The number of amides is 2. The Morgan fingerprint density at radius 2 is 1.33 bits per heavy atom. The van der Waals surface area contributed by atoms with Crippen molar-refractivity contribution >= 4 is 24.2 Å². The van der Waals surface area contributed by atoms with Crippen LogP contribution in [0, 0.1) is 5.41 Å². The van der Waals surface area contributed by atoms with E-state index in [-0.39, 0.29) is 12.4 Å². The molecule has 4 N–H and O–H groups in total. The zero-order chi connectivity index (χ0) is 9.07. The molecule has 4 nitrogen and oxygen atoms in total. The molecule has 0 spiro atoms. The molecule has 0 bridgehead atoms. The lowest BCUT2D eigenvalue weighted by Gasteiger charge is -2.23. The maximum absolute atomic E-state index is 10.8. The lowest BCUT2D eigenvalue weighted by molar-refractivity contribution is -0.140. The Bertz CT molecular complexity index is 162. The van der Waals surface area contributed by atoms with E-state index in [1.165, 1.54) is 0 Å². The van der Waals surface area contributed by atoms with Crippen LogP contribution in [0.3, 0.4) is 0 Å². The molecule has 0 fully saturated rings. The highest BCUT2D eigenvalue weighted by atomic mass is 35.5. The molecule has 0 radical (unpaired) electrons. The third-order valence-electron chi connectivity index (χ3n) is 2.15. The molecular weight excluding hydrogens is 180 g/mol. The van der Waals surface area contributed by atoms with Crippen LogP contribution in [0.5, 0.6) is 0 Å². The van der Waals surface area contributed by atoms with Crippen molar-refractivity contribution in [3.63, 3.8) is 0 Å². The van der Waals surface area contributed by atoms with E-state index in [9.17, 15) is 9.59 Å². The first-order valence-electron chi connectivity index (χ1n) is 3.61. The number of carbonyl (C=O) groups excluding carboxylic acids is 2. The largest absolute Gasteiger partial charge is 0.369 e. The predicted octanol–water partition coefficient (Wildman–Crippen LogP) is 0.185. The van der Waals surface area contributed by atoms with Gasteiger partial charge in [-0.1, -0.05) is 13.8 Å². The lowest BCUT2D eigenvalue weighted by atomic mass is 9.81. The molecule has 0 aromatic carbocycles. The van der Waals surface area contributed by atoms with Crippen LogP contribution < -0.4 is 11.5 Å². The Labute approximate surface area is 78.1 Å². The van der Waals surface area contributed by atoms with Gasteiger partial charge in [-0.25, -0.2) is 0 Å². The van der Waals surface area contributed by atoms with Gasteiger partial charge in [0.05, 0.1) is 0 Å². The van der Waals surface area contributed by atoms with Crippen molar-refractivity contribution in [3.8, 4) is 0 Å². The first-order valence-corrected chi connectivity index (χ1v) is 3.61. The lowest BCUT2D eigenvalue weighted by Crippen LogP contribution is -2.46. The van der Waals surface area contributed by atoms with Crippen molar-refractivity contribution in [2.75, 3.05) is 0 Å². The Kier molecular flexibility index (Phi) is 5.72. The Balaban J connectivity index is 0. The fourth-order valence-electron chi connectivity index (χ4n) is 1.07. The molecule has 0 unspecified atom stereocenters. The van der Waals surface area contributed by atoms with Gasteiger partial charge in [-0.2, -0.15) is 0 Å². The molecule has 0 rings (SSSR count). The van der Waals surface area contributed by atoms with Crippen LogP contribution in [0.2, 0.25) is 0 Å². The van der Waals surface area contributed by atoms with Gasteiger partial charge in [-0.15, -0.1) is 12.4 Å². The van der Waals surface area contributed by atoms with Gasteiger partial charge in [0.2, 0.25) is 11.8 Å². The topological polar surface area (TPSA) is 86.2 Å². The second kappa shape index (κ2) is 4.98. The SMILES string of the molecule is CCC(CC)(C(N)=O)C(N)=O.Cl. The minimum Gasteiger partial charge on any atom is -0.369 e. The normalized spacial score (nSPS) is 10.2. The van der Waals surface area contributed by atoms with Crippen LogP contribution in [0.4, 0.5) is 0 Å². The van der Waals surface area contributed by atoms with Crippen LogP contribution in [-0.2, 0) is 9.59 Å². The summed E-state index contributed by atoms with van der Waals surface area (Å²) in [4.78, 5) is 21.7. The van der Waals surface area contributed by atoms with Crippen molar-refractivity contribution in [2.45, 2.75) is 26.7 Å². The standard InChI is InChI=1S/C7H14N2O2.ClH/c1-3-7(4-2,5(8)10)6(9)11;/h3-4H2,1-2H3,(H2,8,10)(H2,9,11);1H. The van der Waals surface area contributed by atoms with Crippen molar-refractivity contribution < 1.29 is 9.59 Å². The molecular formula is C7H15ClN2O2. The number of nitrogens with two attached hydrogens (primary N) is 2. The zero-order valence-electron chi connectivity index (χ0n) is 7.29. The van der Waals surface area contributed by atoms with Crippen LogP contribution in [0.25, 0.3) is 0 Å².